The SMILES string of the molecule is [C-]#[N+]c1ccc(-c2cc(-c3ccccc3)c(-c3ccc(-c4nc(-c5ccccc5)cc(-c5ccccc5)n4)cc3)cc2-c2ccccc2)cc1. The van der Waals surface area contributed by atoms with Crippen LogP contribution in [0.4, 0.5) is 5.69 Å². The van der Waals surface area contributed by atoms with E-state index < -0.39 is 0 Å². The van der Waals surface area contributed by atoms with E-state index in [1.807, 2.05) is 72.8 Å². The van der Waals surface area contributed by atoms with Crippen molar-refractivity contribution in [3.8, 4) is 78.4 Å². The molecule has 0 saturated carbocycles. The van der Waals surface area contributed by atoms with Crippen LogP contribution < -0.4 is 0 Å². The van der Waals surface area contributed by atoms with E-state index in [2.05, 4.69) is 120 Å². The maximum absolute atomic E-state index is 7.45. The third kappa shape index (κ3) is 6.22. The molecule has 0 unspecified atom stereocenters. The average Bonchev–Trinajstić information content (AvgIpc) is 3.21. The molecular formula is C47H31N3. The molecule has 3 nitrogen and oxygen atoms in total. The molecule has 0 bridgehead atoms. The molecule has 1 aromatic heterocycles. The second-order valence-corrected chi connectivity index (χ2v) is 12.1. The Kier molecular flexibility index (Phi) is 8.33. The molecule has 50 heavy (non-hydrogen) atoms. The summed E-state index contributed by atoms with van der Waals surface area (Å²) in [5.74, 6) is 0.684. The zero-order valence-corrected chi connectivity index (χ0v) is 27.2. The molecule has 0 amide bonds. The number of nitrogens with zero attached hydrogens (tertiary/aromatic N) is 3. The highest BCUT2D eigenvalue weighted by Gasteiger charge is 2.17. The van der Waals surface area contributed by atoms with Gasteiger partial charge >= 0.3 is 0 Å². The first-order valence-corrected chi connectivity index (χ1v) is 16.6. The highest BCUT2D eigenvalue weighted by atomic mass is 14.9. The van der Waals surface area contributed by atoms with Crippen molar-refractivity contribution in [3.63, 3.8) is 0 Å². The van der Waals surface area contributed by atoms with Gasteiger partial charge in [-0.05, 0) is 62.7 Å². The van der Waals surface area contributed by atoms with Crippen LogP contribution in [-0.4, -0.2) is 9.97 Å². The smallest absolute Gasteiger partial charge is 0.187 e. The van der Waals surface area contributed by atoms with E-state index in [1.54, 1.807) is 0 Å². The zero-order valence-electron chi connectivity index (χ0n) is 27.2. The van der Waals surface area contributed by atoms with Crippen LogP contribution in [0.3, 0.4) is 0 Å². The van der Waals surface area contributed by atoms with Crippen LogP contribution in [0.1, 0.15) is 0 Å². The minimum absolute atomic E-state index is 0.629. The summed E-state index contributed by atoms with van der Waals surface area (Å²) >= 11 is 0. The highest BCUT2D eigenvalue weighted by molar-refractivity contribution is 5.95. The second kappa shape index (κ2) is 13.7. The first-order chi connectivity index (χ1) is 24.7. The molecule has 0 aliphatic carbocycles. The molecule has 0 aliphatic rings. The van der Waals surface area contributed by atoms with Crippen LogP contribution in [0, 0.1) is 6.57 Å². The van der Waals surface area contributed by atoms with E-state index in [0.717, 1.165) is 72.6 Å². The van der Waals surface area contributed by atoms with Gasteiger partial charge in [0.1, 0.15) is 0 Å². The fourth-order valence-electron chi connectivity index (χ4n) is 6.39. The van der Waals surface area contributed by atoms with Gasteiger partial charge in [0.2, 0.25) is 0 Å². The van der Waals surface area contributed by atoms with Crippen molar-refractivity contribution < 1.29 is 0 Å². The van der Waals surface area contributed by atoms with Gasteiger partial charge in [-0.25, -0.2) is 14.8 Å². The van der Waals surface area contributed by atoms with Gasteiger partial charge in [-0.1, -0.05) is 170 Å². The fourth-order valence-corrected chi connectivity index (χ4v) is 6.39. The Hall–Kier alpha value is -6.89. The standard InChI is InChI=1S/C47H31N3/c1-48-40-28-26-36(27-29-40)44-31-41(33-14-6-2-7-15-33)43(30-42(44)34-16-8-3-9-17-34)35-22-24-39(25-23-35)47-49-45(37-18-10-4-11-19-37)32-46(50-47)38-20-12-5-13-21-38/h2-32H. The maximum atomic E-state index is 7.45. The Morgan fingerprint density at radius 1 is 0.320 bits per heavy atom. The van der Waals surface area contributed by atoms with Crippen molar-refractivity contribution in [2.75, 3.05) is 0 Å². The van der Waals surface area contributed by atoms with Crippen molar-refractivity contribution in [1.82, 2.24) is 9.97 Å². The van der Waals surface area contributed by atoms with Crippen LogP contribution in [0.2, 0.25) is 0 Å². The Bertz CT molecular complexity index is 2370. The van der Waals surface area contributed by atoms with E-state index in [4.69, 9.17) is 16.5 Å². The van der Waals surface area contributed by atoms with Gasteiger partial charge in [-0.2, -0.15) is 0 Å². The van der Waals surface area contributed by atoms with Crippen LogP contribution in [0.15, 0.2) is 188 Å². The summed E-state index contributed by atoms with van der Waals surface area (Å²) in [7, 11) is 0. The molecule has 234 valence electrons. The summed E-state index contributed by atoms with van der Waals surface area (Å²) < 4.78 is 0. The molecule has 3 heteroatoms. The topological polar surface area (TPSA) is 30.1 Å². The van der Waals surface area contributed by atoms with Crippen LogP contribution in [-0.2, 0) is 0 Å². The van der Waals surface area contributed by atoms with Crippen molar-refractivity contribution >= 4 is 5.69 Å². The highest BCUT2D eigenvalue weighted by Crippen LogP contribution is 2.43. The van der Waals surface area contributed by atoms with E-state index in [-0.39, 0.29) is 0 Å². The van der Waals surface area contributed by atoms with Gasteiger partial charge < -0.3 is 0 Å². The summed E-state index contributed by atoms with van der Waals surface area (Å²) in [4.78, 5) is 13.7. The number of aromatic nitrogens is 2. The Labute approximate surface area is 292 Å². The Morgan fingerprint density at radius 2 is 0.640 bits per heavy atom. The summed E-state index contributed by atoms with van der Waals surface area (Å²) in [6.07, 6.45) is 0. The Balaban J connectivity index is 1.28. The molecule has 8 rings (SSSR count). The molecule has 0 radical (unpaired) electrons. The number of rotatable bonds is 7. The van der Waals surface area contributed by atoms with Crippen molar-refractivity contribution in [3.05, 3.63) is 199 Å². The monoisotopic (exact) mass is 637 g/mol. The van der Waals surface area contributed by atoms with Crippen molar-refractivity contribution in [2.45, 2.75) is 0 Å². The van der Waals surface area contributed by atoms with Gasteiger partial charge in [0.25, 0.3) is 0 Å². The summed E-state index contributed by atoms with van der Waals surface area (Å²) in [6.45, 7) is 7.45. The molecule has 0 atom stereocenters. The number of hydrogen-bond acceptors (Lipinski definition) is 2. The minimum Gasteiger partial charge on any atom is -0.238 e. The normalized spacial score (nSPS) is 10.8. The third-order valence-corrected chi connectivity index (χ3v) is 8.95. The maximum Gasteiger partial charge on any atom is 0.187 e. The molecule has 1 heterocycles. The first kappa shape index (κ1) is 30.4. The molecule has 0 spiro atoms. The number of hydrogen-bond donors (Lipinski definition) is 0. The number of benzene rings is 7. The Morgan fingerprint density at radius 3 is 1.02 bits per heavy atom. The third-order valence-electron chi connectivity index (χ3n) is 8.95. The van der Waals surface area contributed by atoms with E-state index >= 15 is 0 Å². The quantitative estimate of drug-likeness (QED) is 0.163. The lowest BCUT2D eigenvalue weighted by Gasteiger charge is -2.18. The van der Waals surface area contributed by atoms with Gasteiger partial charge in [-0.15, -0.1) is 0 Å². The minimum atomic E-state index is 0.629. The lowest BCUT2D eigenvalue weighted by atomic mass is 9.85. The molecule has 0 N–H and O–H groups in total. The van der Waals surface area contributed by atoms with Gasteiger partial charge in [-0.3, -0.25) is 0 Å². The predicted molar refractivity (Wildman–Crippen MR) is 206 cm³/mol. The molecule has 8 aromatic rings. The van der Waals surface area contributed by atoms with Gasteiger partial charge in [0, 0.05) is 16.7 Å². The van der Waals surface area contributed by atoms with E-state index in [0.29, 0.717) is 11.5 Å². The van der Waals surface area contributed by atoms with Crippen molar-refractivity contribution in [1.29, 1.82) is 0 Å². The van der Waals surface area contributed by atoms with Crippen LogP contribution in [0.5, 0.6) is 0 Å². The fraction of sp³-hybridized carbons (Fsp3) is 0. The van der Waals surface area contributed by atoms with E-state index in [9.17, 15) is 0 Å². The summed E-state index contributed by atoms with van der Waals surface area (Å²) in [5.41, 5.74) is 14.4. The molecule has 0 aliphatic heterocycles. The largest absolute Gasteiger partial charge is 0.238 e. The lowest BCUT2D eigenvalue weighted by molar-refractivity contribution is 1.18. The first-order valence-electron chi connectivity index (χ1n) is 16.6. The lowest BCUT2D eigenvalue weighted by Crippen LogP contribution is -1.96. The molecule has 0 fully saturated rings. The predicted octanol–water partition coefficient (Wildman–Crippen LogP) is 12.7. The molecule has 7 aromatic carbocycles. The van der Waals surface area contributed by atoms with Gasteiger partial charge in [0.05, 0.1) is 18.0 Å². The van der Waals surface area contributed by atoms with Crippen LogP contribution in [0.25, 0.3) is 83.3 Å². The molecular weight excluding hydrogens is 607 g/mol. The average molecular weight is 638 g/mol. The zero-order chi connectivity index (χ0) is 33.7. The van der Waals surface area contributed by atoms with Crippen LogP contribution >= 0.6 is 0 Å². The summed E-state index contributed by atoms with van der Waals surface area (Å²) in [5, 5.41) is 0. The molecule has 0 saturated heterocycles. The second-order valence-electron chi connectivity index (χ2n) is 12.1. The van der Waals surface area contributed by atoms with Crippen molar-refractivity contribution in [2.24, 2.45) is 0 Å². The van der Waals surface area contributed by atoms with Gasteiger partial charge in [0.15, 0.2) is 11.5 Å². The van der Waals surface area contributed by atoms with E-state index in [1.165, 1.54) is 0 Å². The summed E-state index contributed by atoms with van der Waals surface area (Å²) in [6, 6.07) is 64.7.